The molecule has 5 aromatic rings. The van der Waals surface area contributed by atoms with E-state index in [0.717, 1.165) is 16.7 Å². The van der Waals surface area contributed by atoms with Gasteiger partial charge in [-0.25, -0.2) is 0 Å². The van der Waals surface area contributed by atoms with Crippen LogP contribution in [0, 0.1) is 0 Å². The fourth-order valence-corrected chi connectivity index (χ4v) is 11.4. The fourth-order valence-electron chi connectivity index (χ4n) is 6.87. The van der Waals surface area contributed by atoms with E-state index in [0.29, 0.717) is 48.0 Å². The second-order valence-corrected chi connectivity index (χ2v) is 17.8. The zero-order valence-corrected chi connectivity index (χ0v) is 31.7. The van der Waals surface area contributed by atoms with Gasteiger partial charge in [-0.1, -0.05) is 106 Å². The van der Waals surface area contributed by atoms with Crippen LogP contribution in [-0.4, -0.2) is 49.3 Å². The highest BCUT2D eigenvalue weighted by molar-refractivity contribution is 6.99. The lowest BCUT2D eigenvalue weighted by molar-refractivity contribution is 0.0936. The molecule has 0 fully saturated rings. The zero-order valence-electron chi connectivity index (χ0n) is 30.7. The molecule has 0 bridgehead atoms. The SMILES string of the molecule is COc1ccc(CC(NC(=O)c2ccccc2)c2cc(OC)c(OC)cc2CCO[Si](c2ccccc2)(c2ccccc2)C(C)(C)C)cc1OC. The Balaban J connectivity index is 1.58. The fraction of sp³-hybridized carbons (Fsp3) is 0.279. The number of hydrogen-bond acceptors (Lipinski definition) is 6. The normalized spacial score (nSPS) is 12.1. The standard InChI is InChI=1S/C43H49NO6Si/c1-43(2,3)51(34-19-13-9-14-20-34,35-21-15-10-16-22-35)50-26-25-33-29-40(48-6)41(49-7)30-36(33)37(44-42(45)32-17-11-8-12-18-32)27-31-23-24-38(46-4)39(28-31)47-5/h8-24,28-30,37H,25-27H2,1-7H3,(H,44,45). The number of carbonyl (C=O) groups excluding carboxylic acids is 1. The summed E-state index contributed by atoms with van der Waals surface area (Å²) in [6.45, 7) is 7.28. The maximum absolute atomic E-state index is 13.8. The van der Waals surface area contributed by atoms with Crippen molar-refractivity contribution in [1.82, 2.24) is 5.32 Å². The lowest BCUT2D eigenvalue weighted by atomic mass is 9.92. The average Bonchev–Trinajstić information content (AvgIpc) is 3.16. The average molecular weight is 704 g/mol. The van der Waals surface area contributed by atoms with Gasteiger partial charge in [0.05, 0.1) is 34.5 Å². The van der Waals surface area contributed by atoms with Gasteiger partial charge in [0, 0.05) is 12.2 Å². The lowest BCUT2D eigenvalue weighted by Gasteiger charge is -2.43. The predicted octanol–water partition coefficient (Wildman–Crippen LogP) is 7.55. The highest BCUT2D eigenvalue weighted by atomic mass is 28.4. The molecular weight excluding hydrogens is 655 g/mol. The van der Waals surface area contributed by atoms with Crippen LogP contribution in [0.3, 0.4) is 0 Å². The van der Waals surface area contributed by atoms with Crippen LogP contribution in [0.2, 0.25) is 5.04 Å². The molecule has 0 spiro atoms. The number of amides is 1. The first-order valence-electron chi connectivity index (χ1n) is 17.2. The molecule has 5 rings (SSSR count). The van der Waals surface area contributed by atoms with Crippen molar-refractivity contribution in [3.63, 3.8) is 0 Å². The Labute approximate surface area is 303 Å². The van der Waals surface area contributed by atoms with Gasteiger partial charge in [-0.3, -0.25) is 4.79 Å². The molecule has 7 nitrogen and oxygen atoms in total. The topological polar surface area (TPSA) is 75.3 Å². The maximum atomic E-state index is 13.8. The minimum Gasteiger partial charge on any atom is -0.493 e. The Morgan fingerprint density at radius 3 is 1.69 bits per heavy atom. The van der Waals surface area contributed by atoms with E-state index in [1.54, 1.807) is 28.4 Å². The van der Waals surface area contributed by atoms with Gasteiger partial charge in [0.2, 0.25) is 0 Å². The van der Waals surface area contributed by atoms with Crippen LogP contribution >= 0.6 is 0 Å². The molecule has 51 heavy (non-hydrogen) atoms. The van der Waals surface area contributed by atoms with Gasteiger partial charge in [0.25, 0.3) is 14.2 Å². The van der Waals surface area contributed by atoms with Gasteiger partial charge >= 0.3 is 0 Å². The number of carbonyl (C=O) groups is 1. The number of ether oxygens (including phenoxy) is 4. The molecule has 0 radical (unpaired) electrons. The smallest absolute Gasteiger partial charge is 0.261 e. The summed E-state index contributed by atoms with van der Waals surface area (Å²) < 4.78 is 30.0. The van der Waals surface area contributed by atoms with E-state index in [2.05, 4.69) is 86.8 Å². The Kier molecular flexibility index (Phi) is 12.2. The molecule has 0 heterocycles. The molecule has 0 aliphatic heterocycles. The van der Waals surface area contributed by atoms with Crippen molar-refractivity contribution in [3.05, 3.63) is 144 Å². The summed E-state index contributed by atoms with van der Waals surface area (Å²) in [6, 6.07) is 39.9. The molecule has 0 aromatic heterocycles. The molecule has 1 unspecified atom stereocenters. The van der Waals surface area contributed by atoms with Gasteiger partial charge in [-0.15, -0.1) is 0 Å². The van der Waals surface area contributed by atoms with Gasteiger partial charge in [-0.05, 0) is 81.3 Å². The van der Waals surface area contributed by atoms with Crippen molar-refractivity contribution in [1.29, 1.82) is 0 Å². The van der Waals surface area contributed by atoms with Crippen LogP contribution in [0.5, 0.6) is 23.0 Å². The monoisotopic (exact) mass is 703 g/mol. The van der Waals surface area contributed by atoms with E-state index >= 15 is 0 Å². The van der Waals surface area contributed by atoms with Crippen LogP contribution in [0.4, 0.5) is 0 Å². The van der Waals surface area contributed by atoms with Crippen molar-refractivity contribution in [3.8, 4) is 23.0 Å². The van der Waals surface area contributed by atoms with Crippen LogP contribution in [0.15, 0.2) is 121 Å². The molecule has 1 N–H and O–H groups in total. The molecule has 5 aromatic carbocycles. The number of rotatable bonds is 15. The Morgan fingerprint density at radius 2 is 1.16 bits per heavy atom. The van der Waals surface area contributed by atoms with Crippen molar-refractivity contribution in [2.75, 3.05) is 35.0 Å². The highest BCUT2D eigenvalue weighted by Gasteiger charge is 2.50. The highest BCUT2D eigenvalue weighted by Crippen LogP contribution is 2.39. The van der Waals surface area contributed by atoms with Crippen LogP contribution in [0.1, 0.15) is 53.9 Å². The third kappa shape index (κ3) is 8.30. The predicted molar refractivity (Wildman–Crippen MR) is 207 cm³/mol. The minimum absolute atomic E-state index is 0.171. The summed E-state index contributed by atoms with van der Waals surface area (Å²) in [5.41, 5.74) is 3.45. The van der Waals surface area contributed by atoms with Crippen LogP contribution in [0.25, 0.3) is 0 Å². The van der Waals surface area contributed by atoms with Gasteiger partial charge in [0.15, 0.2) is 23.0 Å². The number of methoxy groups -OCH3 is 4. The van der Waals surface area contributed by atoms with Crippen molar-refractivity contribution in [2.45, 2.75) is 44.7 Å². The molecule has 1 atom stereocenters. The molecule has 8 heteroatoms. The number of nitrogens with one attached hydrogen (secondary N) is 1. The molecule has 1 amide bonds. The summed E-state index contributed by atoms with van der Waals surface area (Å²) in [7, 11) is 3.71. The van der Waals surface area contributed by atoms with Gasteiger partial charge in [-0.2, -0.15) is 0 Å². The van der Waals surface area contributed by atoms with Crippen molar-refractivity contribution < 1.29 is 28.2 Å². The Hall–Kier alpha value is -5.05. The maximum Gasteiger partial charge on any atom is 0.261 e. The molecule has 0 saturated carbocycles. The summed E-state index contributed by atoms with van der Waals surface area (Å²) in [5.74, 6) is 2.27. The van der Waals surface area contributed by atoms with E-state index in [1.807, 2.05) is 60.7 Å². The lowest BCUT2D eigenvalue weighted by Crippen LogP contribution is -2.66. The quantitative estimate of drug-likeness (QED) is 0.114. The summed E-state index contributed by atoms with van der Waals surface area (Å²) in [5, 5.41) is 5.61. The van der Waals surface area contributed by atoms with E-state index in [-0.39, 0.29) is 10.9 Å². The summed E-state index contributed by atoms with van der Waals surface area (Å²) >= 11 is 0. The zero-order chi connectivity index (χ0) is 36.4. The van der Waals surface area contributed by atoms with E-state index in [1.165, 1.54) is 10.4 Å². The van der Waals surface area contributed by atoms with Gasteiger partial charge in [0.1, 0.15) is 0 Å². The van der Waals surface area contributed by atoms with Crippen LogP contribution < -0.4 is 34.6 Å². The van der Waals surface area contributed by atoms with E-state index in [9.17, 15) is 4.79 Å². The summed E-state index contributed by atoms with van der Waals surface area (Å²) in [4.78, 5) is 13.8. The molecule has 266 valence electrons. The van der Waals surface area contributed by atoms with E-state index < -0.39 is 14.4 Å². The molecule has 0 aliphatic rings. The summed E-state index contributed by atoms with van der Waals surface area (Å²) in [6.07, 6.45) is 1.06. The molecular formula is C43H49NO6Si. The second kappa shape index (κ2) is 16.8. The van der Waals surface area contributed by atoms with Crippen molar-refractivity contribution in [2.24, 2.45) is 0 Å². The first-order valence-corrected chi connectivity index (χ1v) is 19.1. The van der Waals surface area contributed by atoms with E-state index in [4.69, 9.17) is 23.4 Å². The first kappa shape index (κ1) is 37.2. The first-order chi connectivity index (χ1) is 24.6. The second-order valence-electron chi connectivity index (χ2n) is 13.5. The Bertz CT molecular complexity index is 1840. The molecule has 0 aliphatic carbocycles. The van der Waals surface area contributed by atoms with Crippen molar-refractivity contribution >= 4 is 24.6 Å². The minimum atomic E-state index is -2.79. The number of hydrogen-bond donors (Lipinski definition) is 1. The third-order valence-electron chi connectivity index (χ3n) is 9.36. The largest absolute Gasteiger partial charge is 0.493 e. The number of benzene rings is 5. The third-order valence-corrected chi connectivity index (χ3v) is 14.4. The van der Waals surface area contributed by atoms with Crippen LogP contribution in [-0.2, 0) is 17.3 Å². The van der Waals surface area contributed by atoms with Gasteiger partial charge < -0.3 is 28.7 Å². The Morgan fingerprint density at radius 1 is 0.647 bits per heavy atom. The molecule has 0 saturated heterocycles.